The minimum atomic E-state index is -0.332. The number of carbonyl (C=O) groups is 1. The lowest BCUT2D eigenvalue weighted by atomic mass is 9.93. The fourth-order valence-electron chi connectivity index (χ4n) is 4.77. The molecule has 156 valence electrons. The first-order valence-corrected chi connectivity index (χ1v) is 11.3. The number of nitrogens with zero attached hydrogens (tertiary/aromatic N) is 3. The zero-order chi connectivity index (χ0) is 20.0. The Morgan fingerprint density at radius 1 is 1.28 bits per heavy atom. The molecule has 1 N–H and O–H groups in total. The highest BCUT2D eigenvalue weighted by Crippen LogP contribution is 2.53. The van der Waals surface area contributed by atoms with Crippen LogP contribution in [0.15, 0.2) is 18.2 Å². The third kappa shape index (κ3) is 3.73. The summed E-state index contributed by atoms with van der Waals surface area (Å²) in [4.78, 5) is 15.0. The Kier molecular flexibility index (Phi) is 4.95. The van der Waals surface area contributed by atoms with Crippen molar-refractivity contribution in [3.8, 4) is 0 Å². The van der Waals surface area contributed by atoms with E-state index in [4.69, 9.17) is 21.4 Å². The van der Waals surface area contributed by atoms with Gasteiger partial charge in [0, 0.05) is 30.1 Å². The van der Waals surface area contributed by atoms with Crippen molar-refractivity contribution in [2.24, 2.45) is 5.41 Å². The van der Waals surface area contributed by atoms with Crippen LogP contribution in [0.1, 0.15) is 58.1 Å². The average Bonchev–Trinajstić information content (AvgIpc) is 3.41. The van der Waals surface area contributed by atoms with E-state index in [0.29, 0.717) is 16.3 Å². The van der Waals surface area contributed by atoms with Gasteiger partial charge in [0.2, 0.25) is 5.91 Å². The molecular weight excluding hydrogens is 388 g/mol. The minimum absolute atomic E-state index is 0.0641. The number of likely N-dealkylation sites (tertiary alicyclic amines) is 1. The number of halogens is 1. The maximum atomic E-state index is 13.0. The summed E-state index contributed by atoms with van der Waals surface area (Å²) in [5, 5.41) is 9.77. The molecule has 2 saturated heterocycles. The Balaban J connectivity index is 1.36. The van der Waals surface area contributed by atoms with Crippen LogP contribution < -0.4 is 5.32 Å². The van der Waals surface area contributed by atoms with E-state index in [0.717, 1.165) is 62.7 Å². The quantitative estimate of drug-likeness (QED) is 0.791. The molecule has 1 aromatic heterocycles. The number of aromatic nitrogens is 2. The zero-order valence-electron chi connectivity index (χ0n) is 17.0. The molecule has 3 heterocycles. The highest BCUT2D eigenvalue weighted by Gasteiger charge is 2.45. The van der Waals surface area contributed by atoms with Crippen LogP contribution in [-0.2, 0) is 9.53 Å². The fraction of sp³-hybridized carbons (Fsp3) is 0.636. The molecule has 0 unspecified atom stereocenters. The van der Waals surface area contributed by atoms with Crippen molar-refractivity contribution < 1.29 is 9.53 Å². The van der Waals surface area contributed by atoms with E-state index in [2.05, 4.69) is 5.32 Å². The van der Waals surface area contributed by atoms with E-state index in [-0.39, 0.29) is 18.2 Å². The van der Waals surface area contributed by atoms with Crippen LogP contribution in [0.5, 0.6) is 0 Å². The highest BCUT2D eigenvalue weighted by atomic mass is 35.5. The van der Waals surface area contributed by atoms with E-state index in [1.165, 1.54) is 12.8 Å². The Morgan fingerprint density at radius 2 is 2.07 bits per heavy atom. The van der Waals surface area contributed by atoms with Gasteiger partial charge in [-0.25, -0.2) is 4.68 Å². The van der Waals surface area contributed by atoms with Gasteiger partial charge in [-0.15, -0.1) is 0 Å². The molecule has 6 nitrogen and oxygen atoms in total. The van der Waals surface area contributed by atoms with Crippen molar-refractivity contribution >= 4 is 34.2 Å². The van der Waals surface area contributed by atoms with Gasteiger partial charge in [0.25, 0.3) is 0 Å². The number of fused-ring (bicyclic) bond motifs is 1. The SMILES string of the molecule is C[C@H](Nc1nn([C@@H]2CCCCO2)c2ccc(Cl)cc12)C(=O)N1CCC2(CC1)CC2. The van der Waals surface area contributed by atoms with Gasteiger partial charge in [-0.1, -0.05) is 11.6 Å². The molecule has 1 saturated carbocycles. The molecule has 0 radical (unpaired) electrons. The van der Waals surface area contributed by atoms with Gasteiger partial charge in [-0.2, -0.15) is 5.10 Å². The van der Waals surface area contributed by atoms with Gasteiger partial charge < -0.3 is 15.0 Å². The molecule has 5 rings (SSSR count). The molecule has 2 atom stereocenters. The Morgan fingerprint density at radius 3 is 2.76 bits per heavy atom. The lowest BCUT2D eigenvalue weighted by molar-refractivity contribution is -0.133. The number of hydrogen-bond donors (Lipinski definition) is 1. The summed E-state index contributed by atoms with van der Waals surface area (Å²) in [6.45, 7) is 4.44. The molecule has 1 spiro atoms. The average molecular weight is 417 g/mol. The first kappa shape index (κ1) is 19.2. The Bertz CT molecular complexity index is 907. The smallest absolute Gasteiger partial charge is 0.244 e. The van der Waals surface area contributed by atoms with E-state index < -0.39 is 0 Å². The minimum Gasteiger partial charge on any atom is -0.357 e. The number of anilines is 1. The van der Waals surface area contributed by atoms with Crippen LogP contribution in [0.25, 0.3) is 10.9 Å². The monoisotopic (exact) mass is 416 g/mol. The molecule has 2 aliphatic heterocycles. The van der Waals surface area contributed by atoms with Crippen LogP contribution in [0.4, 0.5) is 5.82 Å². The molecular formula is C22H29ClN4O2. The van der Waals surface area contributed by atoms with Crippen molar-refractivity contribution in [1.29, 1.82) is 0 Å². The molecule has 2 aromatic rings. The first-order valence-electron chi connectivity index (χ1n) is 10.9. The number of carbonyl (C=O) groups excluding carboxylic acids is 1. The molecule has 3 aliphatic rings. The van der Waals surface area contributed by atoms with Crippen LogP contribution in [-0.4, -0.2) is 46.3 Å². The standard InChI is InChI=1S/C22H29ClN4O2/c1-15(21(28)26-11-9-22(7-8-22)10-12-26)24-20-17-14-16(23)5-6-18(17)27(25-20)19-4-2-3-13-29-19/h5-6,14-15,19H,2-4,7-13H2,1H3,(H,24,25)/t15-,19-/m0/s1. The summed E-state index contributed by atoms with van der Waals surface area (Å²) in [6.07, 6.45) is 8.10. The highest BCUT2D eigenvalue weighted by molar-refractivity contribution is 6.31. The normalized spacial score (nSPS) is 24.6. The largest absolute Gasteiger partial charge is 0.357 e. The number of piperidine rings is 1. The van der Waals surface area contributed by atoms with E-state index in [1.54, 1.807) is 0 Å². The number of rotatable bonds is 4. The van der Waals surface area contributed by atoms with Crippen LogP contribution in [0.3, 0.4) is 0 Å². The number of benzene rings is 1. The number of nitrogens with one attached hydrogen (secondary N) is 1. The lowest BCUT2D eigenvalue weighted by Gasteiger charge is -2.34. The van der Waals surface area contributed by atoms with E-state index in [9.17, 15) is 4.79 Å². The number of amides is 1. The third-order valence-corrected chi connectivity index (χ3v) is 7.15. The summed E-state index contributed by atoms with van der Waals surface area (Å²) in [6, 6.07) is 5.45. The first-order chi connectivity index (χ1) is 14.0. The summed E-state index contributed by atoms with van der Waals surface area (Å²) in [5.74, 6) is 0.854. The van der Waals surface area contributed by atoms with Gasteiger partial charge >= 0.3 is 0 Å². The molecule has 1 aliphatic carbocycles. The van der Waals surface area contributed by atoms with Crippen molar-refractivity contribution in [2.75, 3.05) is 25.0 Å². The van der Waals surface area contributed by atoms with Crippen LogP contribution in [0.2, 0.25) is 5.02 Å². The van der Waals surface area contributed by atoms with Gasteiger partial charge in [0.05, 0.1) is 5.52 Å². The van der Waals surface area contributed by atoms with E-state index in [1.807, 2.05) is 34.7 Å². The van der Waals surface area contributed by atoms with Gasteiger partial charge in [-0.05, 0) is 75.5 Å². The number of ether oxygens (including phenoxy) is 1. The topological polar surface area (TPSA) is 59.4 Å². The predicted molar refractivity (Wildman–Crippen MR) is 114 cm³/mol. The van der Waals surface area contributed by atoms with Crippen LogP contribution >= 0.6 is 11.6 Å². The maximum absolute atomic E-state index is 13.0. The second kappa shape index (κ2) is 7.47. The van der Waals surface area contributed by atoms with Crippen molar-refractivity contribution in [3.05, 3.63) is 23.2 Å². The third-order valence-electron chi connectivity index (χ3n) is 6.91. The molecule has 29 heavy (non-hydrogen) atoms. The second-order valence-corrected chi connectivity index (χ2v) is 9.40. The molecule has 0 bridgehead atoms. The predicted octanol–water partition coefficient (Wildman–Crippen LogP) is 4.59. The summed E-state index contributed by atoms with van der Waals surface area (Å²) >= 11 is 6.27. The van der Waals surface area contributed by atoms with Crippen molar-refractivity contribution in [1.82, 2.24) is 14.7 Å². The summed E-state index contributed by atoms with van der Waals surface area (Å²) in [5.41, 5.74) is 1.55. The summed E-state index contributed by atoms with van der Waals surface area (Å²) in [7, 11) is 0. The van der Waals surface area contributed by atoms with Gasteiger partial charge in [-0.3, -0.25) is 4.79 Å². The van der Waals surface area contributed by atoms with E-state index >= 15 is 0 Å². The molecule has 3 fully saturated rings. The number of hydrogen-bond acceptors (Lipinski definition) is 4. The lowest BCUT2D eigenvalue weighted by Crippen LogP contribution is -2.45. The van der Waals surface area contributed by atoms with Gasteiger partial charge in [0.1, 0.15) is 6.04 Å². The second-order valence-electron chi connectivity index (χ2n) is 8.97. The zero-order valence-corrected chi connectivity index (χ0v) is 17.7. The Hall–Kier alpha value is -1.79. The summed E-state index contributed by atoms with van der Waals surface area (Å²) < 4.78 is 7.90. The van der Waals surface area contributed by atoms with Crippen molar-refractivity contribution in [2.45, 2.75) is 64.1 Å². The van der Waals surface area contributed by atoms with Gasteiger partial charge in [0.15, 0.2) is 12.0 Å². The van der Waals surface area contributed by atoms with Crippen LogP contribution in [0, 0.1) is 5.41 Å². The Labute approximate surface area is 176 Å². The maximum Gasteiger partial charge on any atom is 0.244 e. The molecule has 7 heteroatoms. The molecule has 1 amide bonds. The van der Waals surface area contributed by atoms with Crippen molar-refractivity contribution in [3.63, 3.8) is 0 Å². The fourth-order valence-corrected chi connectivity index (χ4v) is 4.95. The molecule has 1 aromatic carbocycles.